The highest BCUT2D eigenvalue weighted by Crippen LogP contribution is 2.50. The summed E-state index contributed by atoms with van der Waals surface area (Å²) in [6.07, 6.45) is 17.9. The molecule has 4 aliphatic rings. The lowest BCUT2D eigenvalue weighted by Gasteiger charge is -2.46. The van der Waals surface area contributed by atoms with E-state index in [1.165, 1.54) is 51.4 Å². The zero-order chi connectivity index (χ0) is 32.5. The first-order chi connectivity index (χ1) is 21.4. The predicted molar refractivity (Wildman–Crippen MR) is 179 cm³/mol. The SMILES string of the molecule is CC(OCCOCCOC(C)OC1CCC(C(C)(C)C2CCC(O)CC2)CC1)OC1CCC(C(C)(C)C2CCC(O)CC2)CC1. The second-order valence-electron chi connectivity index (χ2n) is 16.4. The summed E-state index contributed by atoms with van der Waals surface area (Å²) < 4.78 is 30.0. The number of rotatable bonds is 16. The quantitative estimate of drug-likeness (QED) is 0.131. The first-order valence-corrected chi connectivity index (χ1v) is 18.9. The van der Waals surface area contributed by atoms with E-state index in [0.29, 0.717) is 37.3 Å². The van der Waals surface area contributed by atoms with Gasteiger partial charge in [0.1, 0.15) is 0 Å². The molecule has 0 aliphatic heterocycles. The fraction of sp³-hybridized carbons (Fsp3) is 1.00. The van der Waals surface area contributed by atoms with Gasteiger partial charge in [-0.25, -0.2) is 0 Å². The van der Waals surface area contributed by atoms with Crippen LogP contribution in [0.15, 0.2) is 0 Å². The minimum absolute atomic E-state index is 0.0765. The third-order valence-corrected chi connectivity index (χ3v) is 12.9. The van der Waals surface area contributed by atoms with Gasteiger partial charge in [-0.1, -0.05) is 27.7 Å². The summed E-state index contributed by atoms with van der Waals surface area (Å²) in [6.45, 7) is 16.0. The predicted octanol–water partition coefficient (Wildman–Crippen LogP) is 8.03. The van der Waals surface area contributed by atoms with Crippen LogP contribution in [-0.2, 0) is 23.7 Å². The molecule has 0 spiro atoms. The highest BCUT2D eigenvalue weighted by atomic mass is 16.7. The van der Waals surface area contributed by atoms with E-state index in [9.17, 15) is 10.2 Å². The first kappa shape index (κ1) is 37.5. The maximum atomic E-state index is 9.91. The van der Waals surface area contributed by atoms with Crippen molar-refractivity contribution < 1.29 is 33.9 Å². The Morgan fingerprint density at radius 1 is 0.467 bits per heavy atom. The van der Waals surface area contributed by atoms with Gasteiger partial charge in [-0.2, -0.15) is 0 Å². The van der Waals surface area contributed by atoms with E-state index in [4.69, 9.17) is 23.7 Å². The summed E-state index contributed by atoms with van der Waals surface area (Å²) in [5, 5.41) is 19.8. The minimum Gasteiger partial charge on any atom is -0.393 e. The molecule has 0 bridgehead atoms. The largest absolute Gasteiger partial charge is 0.393 e. The molecule has 4 fully saturated rings. The monoisotopic (exact) mass is 639 g/mol. The van der Waals surface area contributed by atoms with Crippen molar-refractivity contribution in [1.29, 1.82) is 0 Å². The Bertz CT molecular complexity index is 735. The van der Waals surface area contributed by atoms with Crippen molar-refractivity contribution in [3.05, 3.63) is 0 Å². The van der Waals surface area contributed by atoms with Gasteiger partial charge in [0.25, 0.3) is 0 Å². The number of aliphatic hydroxyl groups is 2. The fourth-order valence-electron chi connectivity index (χ4n) is 9.46. The molecule has 0 saturated heterocycles. The van der Waals surface area contributed by atoms with Crippen LogP contribution in [0.2, 0.25) is 0 Å². The maximum absolute atomic E-state index is 9.91. The molecule has 0 radical (unpaired) electrons. The van der Waals surface area contributed by atoms with Crippen molar-refractivity contribution in [2.24, 2.45) is 34.5 Å². The van der Waals surface area contributed by atoms with Crippen LogP contribution in [0.5, 0.6) is 0 Å². The average Bonchev–Trinajstić information content (AvgIpc) is 3.01. The molecule has 0 aromatic rings. The smallest absolute Gasteiger partial charge is 0.155 e. The molecular weight excluding hydrogens is 568 g/mol. The van der Waals surface area contributed by atoms with Gasteiger partial charge in [-0.05, 0) is 151 Å². The molecule has 4 saturated carbocycles. The topological polar surface area (TPSA) is 86.6 Å². The third kappa shape index (κ3) is 11.4. The summed E-state index contributed by atoms with van der Waals surface area (Å²) in [5.41, 5.74) is 0.687. The third-order valence-electron chi connectivity index (χ3n) is 12.9. The second kappa shape index (κ2) is 17.9. The summed E-state index contributed by atoms with van der Waals surface area (Å²) in [6, 6.07) is 0. The van der Waals surface area contributed by atoms with Crippen molar-refractivity contribution in [2.75, 3.05) is 26.4 Å². The summed E-state index contributed by atoms with van der Waals surface area (Å²) >= 11 is 0. The summed E-state index contributed by atoms with van der Waals surface area (Å²) in [5.74, 6) is 2.96. The molecule has 2 unspecified atom stereocenters. The Hall–Kier alpha value is -0.280. The highest BCUT2D eigenvalue weighted by molar-refractivity contribution is 4.92. The van der Waals surface area contributed by atoms with Gasteiger partial charge in [-0.3, -0.25) is 0 Å². The number of ether oxygens (including phenoxy) is 5. The molecule has 0 aromatic carbocycles. The Labute approximate surface area is 275 Å². The van der Waals surface area contributed by atoms with E-state index in [1.807, 2.05) is 13.8 Å². The molecule has 2 N–H and O–H groups in total. The van der Waals surface area contributed by atoms with Crippen molar-refractivity contribution in [3.8, 4) is 0 Å². The Morgan fingerprint density at radius 3 is 1.07 bits per heavy atom. The van der Waals surface area contributed by atoms with E-state index in [0.717, 1.165) is 75.0 Å². The second-order valence-corrected chi connectivity index (χ2v) is 16.4. The van der Waals surface area contributed by atoms with Gasteiger partial charge in [-0.15, -0.1) is 0 Å². The normalized spacial score (nSPS) is 35.2. The molecule has 2 atom stereocenters. The van der Waals surface area contributed by atoms with Crippen LogP contribution >= 0.6 is 0 Å². The summed E-state index contributed by atoms with van der Waals surface area (Å²) in [7, 11) is 0. The van der Waals surface area contributed by atoms with Gasteiger partial charge >= 0.3 is 0 Å². The molecule has 7 nitrogen and oxygen atoms in total. The maximum Gasteiger partial charge on any atom is 0.155 e. The molecule has 0 aromatic heterocycles. The lowest BCUT2D eigenvalue weighted by molar-refractivity contribution is -0.184. The average molecular weight is 639 g/mol. The highest BCUT2D eigenvalue weighted by Gasteiger charge is 2.42. The fourth-order valence-corrected chi connectivity index (χ4v) is 9.46. The Morgan fingerprint density at radius 2 is 0.756 bits per heavy atom. The Kier molecular flexibility index (Phi) is 15.0. The van der Waals surface area contributed by atoms with Crippen LogP contribution in [0.4, 0.5) is 0 Å². The van der Waals surface area contributed by atoms with Gasteiger partial charge in [0, 0.05) is 0 Å². The lowest BCUT2D eigenvalue weighted by atomic mass is 9.60. The van der Waals surface area contributed by atoms with Crippen LogP contribution in [0.25, 0.3) is 0 Å². The van der Waals surface area contributed by atoms with Crippen LogP contribution in [0.1, 0.15) is 144 Å². The lowest BCUT2D eigenvalue weighted by Crippen LogP contribution is -2.39. The molecule has 4 aliphatic carbocycles. The first-order valence-electron chi connectivity index (χ1n) is 18.9. The van der Waals surface area contributed by atoms with Gasteiger partial charge in [0.15, 0.2) is 12.6 Å². The minimum atomic E-state index is -0.219. The van der Waals surface area contributed by atoms with Crippen molar-refractivity contribution in [3.63, 3.8) is 0 Å². The van der Waals surface area contributed by atoms with E-state index in [1.54, 1.807) is 0 Å². The number of hydrogen-bond donors (Lipinski definition) is 2. The standard InChI is InChI=1S/C38H70O7/c1-27(44-35-19-11-31(12-20-35)37(3,4)29-7-15-33(39)16-8-29)42-25-23-41-24-26-43-28(2)45-36-21-13-32(14-22-36)38(5,6)30-9-17-34(40)18-10-30/h27-36,39-40H,7-26H2,1-6H3. The van der Waals surface area contributed by atoms with Crippen LogP contribution in [0, 0.1) is 34.5 Å². The molecule has 7 heteroatoms. The van der Waals surface area contributed by atoms with Crippen LogP contribution < -0.4 is 0 Å². The molecular formula is C38H70O7. The van der Waals surface area contributed by atoms with Crippen LogP contribution in [0.3, 0.4) is 0 Å². The molecule has 264 valence electrons. The van der Waals surface area contributed by atoms with E-state index in [-0.39, 0.29) is 37.0 Å². The van der Waals surface area contributed by atoms with E-state index in [2.05, 4.69) is 27.7 Å². The van der Waals surface area contributed by atoms with Gasteiger partial charge < -0.3 is 33.9 Å². The molecule has 0 heterocycles. The van der Waals surface area contributed by atoms with E-state index < -0.39 is 0 Å². The van der Waals surface area contributed by atoms with Crippen molar-refractivity contribution >= 4 is 0 Å². The zero-order valence-electron chi connectivity index (χ0n) is 29.9. The zero-order valence-corrected chi connectivity index (χ0v) is 29.9. The van der Waals surface area contributed by atoms with Gasteiger partial charge in [0.05, 0.1) is 50.8 Å². The summed E-state index contributed by atoms with van der Waals surface area (Å²) in [4.78, 5) is 0. The van der Waals surface area contributed by atoms with Crippen LogP contribution in [-0.4, -0.2) is 73.6 Å². The number of hydrogen-bond acceptors (Lipinski definition) is 7. The molecule has 45 heavy (non-hydrogen) atoms. The molecule has 4 rings (SSSR count). The van der Waals surface area contributed by atoms with Gasteiger partial charge in [0.2, 0.25) is 0 Å². The molecule has 0 amide bonds. The number of aliphatic hydroxyl groups excluding tert-OH is 2. The Balaban J connectivity index is 0.985. The van der Waals surface area contributed by atoms with Crippen molar-refractivity contribution in [1.82, 2.24) is 0 Å². The van der Waals surface area contributed by atoms with Crippen molar-refractivity contribution in [2.45, 2.75) is 181 Å². The van der Waals surface area contributed by atoms with E-state index >= 15 is 0 Å².